The van der Waals surface area contributed by atoms with Crippen molar-refractivity contribution in [2.45, 2.75) is 66.1 Å². The normalized spacial score (nSPS) is 12.8. The zero-order valence-corrected chi connectivity index (χ0v) is 21.6. The van der Waals surface area contributed by atoms with Crippen LogP contribution in [0.3, 0.4) is 0 Å². The molecule has 0 aliphatic carbocycles. The molecule has 1 aromatic carbocycles. The van der Waals surface area contributed by atoms with Crippen LogP contribution in [0.4, 0.5) is 0 Å². The molecule has 184 valence electrons. The third-order valence-corrected chi connectivity index (χ3v) is 7.17. The van der Waals surface area contributed by atoms with E-state index in [-0.39, 0.29) is 6.61 Å². The molecule has 8 nitrogen and oxygen atoms in total. The van der Waals surface area contributed by atoms with Crippen LogP contribution in [0.25, 0.3) is 23.0 Å². The first-order valence-electron chi connectivity index (χ1n) is 11.6. The van der Waals surface area contributed by atoms with Gasteiger partial charge >= 0.3 is 0 Å². The first-order valence-corrected chi connectivity index (χ1v) is 13.2. The van der Waals surface area contributed by atoms with E-state index >= 15 is 0 Å². The number of primary sulfonamides is 1. The molecule has 1 unspecified atom stereocenters. The fraction of sp³-hybridized carbons (Fsp3) is 0.480. The van der Waals surface area contributed by atoms with Gasteiger partial charge in [-0.05, 0) is 86.4 Å². The van der Waals surface area contributed by atoms with Gasteiger partial charge in [-0.1, -0.05) is 25.9 Å². The van der Waals surface area contributed by atoms with Crippen molar-refractivity contribution in [3.63, 3.8) is 0 Å². The number of aromatic nitrogens is 3. The second kappa shape index (κ2) is 10.7. The minimum atomic E-state index is -3.57. The molecule has 0 radical (unpaired) electrons. The first kappa shape index (κ1) is 25.8. The maximum absolute atomic E-state index is 11.4. The van der Waals surface area contributed by atoms with Crippen LogP contribution in [0.5, 0.6) is 5.75 Å². The molecule has 2 heterocycles. The van der Waals surface area contributed by atoms with E-state index < -0.39 is 15.3 Å². The highest BCUT2D eigenvalue weighted by Gasteiger charge is 2.18. The average molecular weight is 487 g/mol. The third-order valence-electron chi connectivity index (χ3n) is 5.81. The molecule has 0 saturated heterocycles. The molecule has 1 atom stereocenters. The van der Waals surface area contributed by atoms with Crippen molar-refractivity contribution >= 4 is 10.0 Å². The van der Waals surface area contributed by atoms with E-state index in [4.69, 9.17) is 14.4 Å². The smallest absolute Gasteiger partial charge is 0.276 e. The van der Waals surface area contributed by atoms with E-state index in [1.165, 1.54) is 5.56 Å². The SMILES string of the molecule is CCc1cc(-c2noc(-c3cc(C)c(CC(C)C)cn3)n2)cc(C)c1OCCC(C)S(N)(=O)=O. The third kappa shape index (κ3) is 6.21. The Balaban J connectivity index is 1.81. The van der Waals surface area contributed by atoms with Gasteiger partial charge in [0.15, 0.2) is 0 Å². The number of pyridine rings is 1. The van der Waals surface area contributed by atoms with Crippen LogP contribution in [-0.2, 0) is 22.9 Å². The Labute approximate surface area is 202 Å². The Hall–Kier alpha value is -2.78. The average Bonchev–Trinajstić information content (AvgIpc) is 3.25. The molecule has 0 aliphatic heterocycles. The highest BCUT2D eigenvalue weighted by molar-refractivity contribution is 7.89. The second-order valence-electron chi connectivity index (χ2n) is 9.19. The maximum Gasteiger partial charge on any atom is 0.276 e. The van der Waals surface area contributed by atoms with Crippen LogP contribution in [0.2, 0.25) is 0 Å². The predicted octanol–water partition coefficient (Wildman–Crippen LogP) is 4.62. The number of ether oxygens (including phenoxy) is 1. The van der Waals surface area contributed by atoms with Gasteiger partial charge < -0.3 is 9.26 Å². The minimum absolute atomic E-state index is 0.259. The lowest BCUT2D eigenvalue weighted by molar-refractivity contribution is 0.304. The molecule has 0 amide bonds. The first-order chi connectivity index (χ1) is 16.0. The van der Waals surface area contributed by atoms with Crippen LogP contribution in [0, 0.1) is 19.8 Å². The van der Waals surface area contributed by atoms with Crippen molar-refractivity contribution in [3.8, 4) is 28.7 Å². The van der Waals surface area contributed by atoms with E-state index in [0.717, 1.165) is 40.8 Å². The van der Waals surface area contributed by atoms with E-state index in [9.17, 15) is 8.42 Å². The minimum Gasteiger partial charge on any atom is -0.493 e. The van der Waals surface area contributed by atoms with Crippen molar-refractivity contribution in [1.82, 2.24) is 15.1 Å². The van der Waals surface area contributed by atoms with E-state index in [0.29, 0.717) is 29.7 Å². The van der Waals surface area contributed by atoms with Crippen molar-refractivity contribution in [2.24, 2.45) is 11.1 Å². The van der Waals surface area contributed by atoms with Gasteiger partial charge in [-0.2, -0.15) is 4.98 Å². The summed E-state index contributed by atoms with van der Waals surface area (Å²) in [5, 5.41) is 8.71. The quantitative estimate of drug-likeness (QED) is 0.444. The van der Waals surface area contributed by atoms with Gasteiger partial charge in [0.05, 0.1) is 11.9 Å². The van der Waals surface area contributed by atoms with Crippen molar-refractivity contribution in [1.29, 1.82) is 0 Å². The summed E-state index contributed by atoms with van der Waals surface area (Å²) in [6, 6.07) is 5.90. The highest BCUT2D eigenvalue weighted by atomic mass is 32.2. The number of nitrogens with zero attached hydrogens (tertiary/aromatic N) is 3. The second-order valence-corrected chi connectivity index (χ2v) is 11.2. The summed E-state index contributed by atoms with van der Waals surface area (Å²) in [5.41, 5.74) is 5.74. The van der Waals surface area contributed by atoms with E-state index in [1.807, 2.05) is 38.2 Å². The molecule has 0 spiro atoms. The lowest BCUT2D eigenvalue weighted by Crippen LogP contribution is -2.27. The molecule has 3 aromatic rings. The summed E-state index contributed by atoms with van der Waals surface area (Å²) in [5.74, 6) is 2.16. The van der Waals surface area contributed by atoms with Crippen LogP contribution in [0.15, 0.2) is 28.9 Å². The molecule has 2 N–H and O–H groups in total. The summed E-state index contributed by atoms with van der Waals surface area (Å²) >= 11 is 0. The Morgan fingerprint density at radius 2 is 1.82 bits per heavy atom. The summed E-state index contributed by atoms with van der Waals surface area (Å²) < 4.78 is 34.4. The zero-order valence-electron chi connectivity index (χ0n) is 20.8. The van der Waals surface area contributed by atoms with E-state index in [1.54, 1.807) is 6.92 Å². The number of aryl methyl sites for hydroxylation is 3. The molecule has 0 saturated carbocycles. The Morgan fingerprint density at radius 1 is 1.09 bits per heavy atom. The standard InChI is InChI=1S/C25H34N4O4S/c1-7-19-13-20(11-17(5)23(19)32-9-8-18(6)34(26,30)31)24-28-25(33-29-24)22-12-16(4)21(14-27-22)10-15(2)3/h11-15,18H,7-10H2,1-6H3,(H2,26,30,31). The fourth-order valence-corrected chi connectivity index (χ4v) is 4.16. The maximum atomic E-state index is 11.4. The van der Waals surface area contributed by atoms with Crippen LogP contribution in [0.1, 0.15) is 56.4 Å². The topological polar surface area (TPSA) is 121 Å². The molecule has 0 fully saturated rings. The molecule has 0 aliphatic rings. The molecule has 0 bridgehead atoms. The number of benzene rings is 1. The predicted molar refractivity (Wildman–Crippen MR) is 133 cm³/mol. The summed E-state index contributed by atoms with van der Waals surface area (Å²) in [6.45, 7) is 12.3. The van der Waals surface area contributed by atoms with Gasteiger partial charge in [0.2, 0.25) is 15.8 Å². The number of hydrogen-bond donors (Lipinski definition) is 1. The number of sulfonamides is 1. The van der Waals surface area contributed by atoms with Crippen molar-refractivity contribution < 1.29 is 17.7 Å². The lowest BCUT2D eigenvalue weighted by Gasteiger charge is -2.16. The number of hydrogen-bond acceptors (Lipinski definition) is 7. The lowest BCUT2D eigenvalue weighted by atomic mass is 10.0. The van der Waals surface area contributed by atoms with Gasteiger partial charge in [0, 0.05) is 11.8 Å². The monoisotopic (exact) mass is 486 g/mol. The molecular weight excluding hydrogens is 452 g/mol. The zero-order chi connectivity index (χ0) is 25.0. The van der Waals surface area contributed by atoms with Gasteiger partial charge in [0.1, 0.15) is 11.4 Å². The highest BCUT2D eigenvalue weighted by Crippen LogP contribution is 2.31. The van der Waals surface area contributed by atoms with Crippen molar-refractivity contribution in [3.05, 3.63) is 46.6 Å². The van der Waals surface area contributed by atoms with Gasteiger partial charge in [0.25, 0.3) is 5.89 Å². The largest absolute Gasteiger partial charge is 0.493 e. The van der Waals surface area contributed by atoms with Crippen LogP contribution in [-0.4, -0.2) is 35.4 Å². The van der Waals surface area contributed by atoms with Crippen LogP contribution >= 0.6 is 0 Å². The summed E-state index contributed by atoms with van der Waals surface area (Å²) in [7, 11) is -3.57. The van der Waals surface area contributed by atoms with Gasteiger partial charge in [-0.25, -0.2) is 13.6 Å². The molecule has 2 aromatic heterocycles. The summed E-state index contributed by atoms with van der Waals surface area (Å²) in [6.07, 6.45) is 3.91. The van der Waals surface area contributed by atoms with Crippen LogP contribution < -0.4 is 9.88 Å². The molecular formula is C25H34N4O4S. The Kier molecular flexibility index (Phi) is 8.09. The number of rotatable bonds is 10. The molecule has 9 heteroatoms. The van der Waals surface area contributed by atoms with Crippen molar-refractivity contribution in [2.75, 3.05) is 6.61 Å². The van der Waals surface area contributed by atoms with Gasteiger partial charge in [-0.3, -0.25) is 4.98 Å². The molecule has 34 heavy (non-hydrogen) atoms. The summed E-state index contributed by atoms with van der Waals surface area (Å²) in [4.78, 5) is 9.11. The van der Waals surface area contributed by atoms with Gasteiger partial charge in [-0.15, -0.1) is 0 Å². The Morgan fingerprint density at radius 3 is 2.44 bits per heavy atom. The Bertz CT molecular complexity index is 1250. The van der Waals surface area contributed by atoms with E-state index in [2.05, 4.69) is 35.9 Å². The fourth-order valence-electron chi connectivity index (χ4n) is 3.74. The molecule has 3 rings (SSSR count). The number of nitrogens with two attached hydrogens (primary N) is 1.